The van der Waals surface area contributed by atoms with Gasteiger partial charge in [-0.1, -0.05) is 0 Å². The number of carbonyl (C=O) groups excluding carboxylic acids is 1. The number of hydrogen-bond donors (Lipinski definition) is 2. The van der Waals surface area contributed by atoms with Crippen LogP contribution in [-0.2, 0) is 9.53 Å². The highest BCUT2D eigenvalue weighted by Crippen LogP contribution is 2.21. The highest BCUT2D eigenvalue weighted by Gasteiger charge is 2.32. The average Bonchev–Trinajstić information content (AvgIpc) is 2.76. The van der Waals surface area contributed by atoms with Crippen molar-refractivity contribution in [2.45, 2.75) is 57.2 Å². The first-order valence-corrected chi connectivity index (χ1v) is 6.97. The van der Waals surface area contributed by atoms with Gasteiger partial charge in [0.15, 0.2) is 0 Å². The van der Waals surface area contributed by atoms with Crippen molar-refractivity contribution in [1.82, 2.24) is 10.2 Å². The topological polar surface area (TPSA) is 78.9 Å². The number of nitrogens with one attached hydrogen (secondary N) is 1. The Labute approximate surface area is 113 Å². The number of carboxylic acids is 1. The summed E-state index contributed by atoms with van der Waals surface area (Å²) in [5, 5.41) is 11.9. The average molecular weight is 270 g/mol. The van der Waals surface area contributed by atoms with Gasteiger partial charge in [-0.15, -0.1) is 0 Å². The van der Waals surface area contributed by atoms with Crippen molar-refractivity contribution in [1.29, 1.82) is 0 Å². The molecule has 0 aromatic heterocycles. The molecule has 0 spiro atoms. The second-order valence-corrected chi connectivity index (χ2v) is 5.44. The number of aliphatic carboxylic acids is 1. The molecule has 2 fully saturated rings. The molecule has 2 N–H and O–H groups in total. The molecule has 6 heteroatoms. The van der Waals surface area contributed by atoms with Crippen molar-refractivity contribution in [3.63, 3.8) is 0 Å². The Morgan fingerprint density at radius 3 is 2.89 bits per heavy atom. The molecule has 0 bridgehead atoms. The number of urea groups is 1. The lowest BCUT2D eigenvalue weighted by atomic mass is 10.0. The normalized spacial score (nSPS) is 31.2. The number of carboxylic acid groups (broad SMARTS) is 1. The highest BCUT2D eigenvalue weighted by atomic mass is 16.5. The van der Waals surface area contributed by atoms with Gasteiger partial charge >= 0.3 is 12.0 Å². The Morgan fingerprint density at radius 1 is 1.42 bits per heavy atom. The van der Waals surface area contributed by atoms with Gasteiger partial charge in [0.2, 0.25) is 0 Å². The number of hydrogen-bond acceptors (Lipinski definition) is 3. The summed E-state index contributed by atoms with van der Waals surface area (Å²) in [6, 6.07) is -0.139. The summed E-state index contributed by atoms with van der Waals surface area (Å²) in [6.07, 6.45) is 3.53. The van der Waals surface area contributed by atoms with Crippen molar-refractivity contribution < 1.29 is 19.4 Å². The molecule has 3 atom stereocenters. The second kappa shape index (κ2) is 6.23. The zero-order valence-electron chi connectivity index (χ0n) is 11.3. The molecule has 3 unspecified atom stereocenters. The quantitative estimate of drug-likeness (QED) is 0.807. The molecule has 6 nitrogen and oxygen atoms in total. The molecule has 2 saturated heterocycles. The standard InChI is InChI=1S/C13H22N2O4/c1-9-7-10(4-6-19-9)14-13(18)15-5-2-3-11(15)8-12(16)17/h9-11H,2-8H2,1H3,(H,14,18)(H,16,17). The van der Waals surface area contributed by atoms with E-state index in [1.807, 2.05) is 6.92 Å². The lowest BCUT2D eigenvalue weighted by Crippen LogP contribution is -2.49. The molecule has 2 aliphatic heterocycles. The van der Waals surface area contributed by atoms with Crippen LogP contribution in [0.2, 0.25) is 0 Å². The van der Waals surface area contributed by atoms with Crippen molar-refractivity contribution in [3.05, 3.63) is 0 Å². The molecule has 0 saturated carbocycles. The molecular formula is C13H22N2O4. The van der Waals surface area contributed by atoms with E-state index in [2.05, 4.69) is 5.32 Å². The van der Waals surface area contributed by atoms with Crippen LogP contribution in [0, 0.1) is 0 Å². The van der Waals surface area contributed by atoms with E-state index in [0.29, 0.717) is 13.2 Å². The fraction of sp³-hybridized carbons (Fsp3) is 0.846. The zero-order valence-corrected chi connectivity index (χ0v) is 11.3. The van der Waals surface area contributed by atoms with Gasteiger partial charge in [0.1, 0.15) is 0 Å². The Hall–Kier alpha value is -1.30. The predicted octanol–water partition coefficient (Wildman–Crippen LogP) is 1.20. The first kappa shape index (κ1) is 14.1. The Balaban J connectivity index is 1.86. The molecule has 0 aromatic carbocycles. The van der Waals surface area contributed by atoms with Crippen LogP contribution in [0.5, 0.6) is 0 Å². The van der Waals surface area contributed by atoms with Gasteiger partial charge in [0.25, 0.3) is 0 Å². The predicted molar refractivity (Wildman–Crippen MR) is 68.9 cm³/mol. The summed E-state index contributed by atoms with van der Waals surface area (Å²) in [6.45, 7) is 3.33. The van der Waals surface area contributed by atoms with Gasteiger partial charge in [0.05, 0.1) is 12.5 Å². The van der Waals surface area contributed by atoms with Crippen LogP contribution in [0.15, 0.2) is 0 Å². The molecule has 0 aromatic rings. The third kappa shape index (κ3) is 3.83. The first-order chi connectivity index (χ1) is 9.06. The number of ether oxygens (including phenoxy) is 1. The minimum absolute atomic E-state index is 0.0393. The molecular weight excluding hydrogens is 248 g/mol. The smallest absolute Gasteiger partial charge is 0.317 e. The van der Waals surface area contributed by atoms with E-state index in [-0.39, 0.29) is 30.6 Å². The summed E-state index contributed by atoms with van der Waals surface area (Å²) >= 11 is 0. The lowest BCUT2D eigenvalue weighted by molar-refractivity contribution is -0.137. The zero-order chi connectivity index (χ0) is 13.8. The molecule has 0 radical (unpaired) electrons. The monoisotopic (exact) mass is 270 g/mol. The van der Waals surface area contributed by atoms with E-state index in [1.54, 1.807) is 4.90 Å². The summed E-state index contributed by atoms with van der Waals surface area (Å²) < 4.78 is 5.45. The molecule has 2 amide bonds. The van der Waals surface area contributed by atoms with Gasteiger partial charge in [0, 0.05) is 25.2 Å². The van der Waals surface area contributed by atoms with Gasteiger partial charge in [-0.25, -0.2) is 4.79 Å². The van der Waals surface area contributed by atoms with E-state index in [1.165, 1.54) is 0 Å². The molecule has 2 heterocycles. The fourth-order valence-electron chi connectivity index (χ4n) is 2.90. The Kier molecular flexibility index (Phi) is 4.63. The number of carbonyl (C=O) groups is 2. The van der Waals surface area contributed by atoms with Crippen LogP contribution in [0.3, 0.4) is 0 Å². The van der Waals surface area contributed by atoms with Crippen molar-refractivity contribution in [2.75, 3.05) is 13.2 Å². The maximum atomic E-state index is 12.2. The van der Waals surface area contributed by atoms with Gasteiger partial charge in [-0.3, -0.25) is 4.79 Å². The van der Waals surface area contributed by atoms with Crippen molar-refractivity contribution in [2.24, 2.45) is 0 Å². The van der Waals surface area contributed by atoms with E-state index >= 15 is 0 Å². The van der Waals surface area contributed by atoms with Gasteiger partial charge < -0.3 is 20.1 Å². The number of rotatable bonds is 3. The van der Waals surface area contributed by atoms with E-state index in [0.717, 1.165) is 25.7 Å². The van der Waals surface area contributed by atoms with E-state index < -0.39 is 5.97 Å². The fourth-order valence-corrected chi connectivity index (χ4v) is 2.90. The molecule has 2 aliphatic rings. The second-order valence-electron chi connectivity index (χ2n) is 5.44. The van der Waals surface area contributed by atoms with Crippen LogP contribution >= 0.6 is 0 Å². The molecule has 2 rings (SSSR count). The van der Waals surface area contributed by atoms with Gasteiger partial charge in [-0.2, -0.15) is 0 Å². The minimum atomic E-state index is -0.843. The largest absolute Gasteiger partial charge is 0.481 e. The Morgan fingerprint density at radius 2 is 2.21 bits per heavy atom. The van der Waals surface area contributed by atoms with Crippen LogP contribution < -0.4 is 5.32 Å². The van der Waals surface area contributed by atoms with Crippen LogP contribution in [-0.4, -0.2) is 53.3 Å². The summed E-state index contributed by atoms with van der Waals surface area (Å²) in [5.41, 5.74) is 0. The number of nitrogens with zero attached hydrogens (tertiary/aromatic N) is 1. The first-order valence-electron chi connectivity index (χ1n) is 6.97. The van der Waals surface area contributed by atoms with Gasteiger partial charge in [-0.05, 0) is 32.6 Å². The third-order valence-corrected chi connectivity index (χ3v) is 3.86. The maximum absolute atomic E-state index is 12.2. The minimum Gasteiger partial charge on any atom is -0.481 e. The SMILES string of the molecule is CC1CC(NC(=O)N2CCCC2CC(=O)O)CCO1. The van der Waals surface area contributed by atoms with Crippen LogP contribution in [0.25, 0.3) is 0 Å². The third-order valence-electron chi connectivity index (χ3n) is 3.86. The Bertz CT molecular complexity index is 348. The molecule has 108 valence electrons. The van der Waals surface area contributed by atoms with Crippen molar-refractivity contribution in [3.8, 4) is 0 Å². The number of amides is 2. The van der Waals surface area contributed by atoms with Crippen molar-refractivity contribution >= 4 is 12.0 Å². The summed E-state index contributed by atoms with van der Waals surface area (Å²) in [4.78, 5) is 24.6. The van der Waals surface area contributed by atoms with E-state index in [4.69, 9.17) is 9.84 Å². The van der Waals surface area contributed by atoms with Crippen LogP contribution in [0.4, 0.5) is 4.79 Å². The maximum Gasteiger partial charge on any atom is 0.317 e. The van der Waals surface area contributed by atoms with Crippen LogP contribution in [0.1, 0.15) is 39.0 Å². The highest BCUT2D eigenvalue weighted by molar-refractivity contribution is 5.76. The summed E-state index contributed by atoms with van der Waals surface area (Å²) in [7, 11) is 0. The number of likely N-dealkylation sites (tertiary alicyclic amines) is 1. The molecule has 0 aliphatic carbocycles. The van der Waals surface area contributed by atoms with E-state index in [9.17, 15) is 9.59 Å². The summed E-state index contributed by atoms with van der Waals surface area (Å²) in [5.74, 6) is -0.843. The molecule has 19 heavy (non-hydrogen) atoms. The lowest BCUT2D eigenvalue weighted by Gasteiger charge is -2.31.